The Bertz CT molecular complexity index is 277. The molecule has 1 aliphatic heterocycles. The molecule has 5 heteroatoms. The van der Waals surface area contributed by atoms with Gasteiger partial charge in [0.2, 0.25) is 0 Å². The van der Waals surface area contributed by atoms with Gasteiger partial charge >= 0.3 is 0 Å². The minimum atomic E-state index is 0.773. The van der Waals surface area contributed by atoms with Crippen molar-refractivity contribution in [2.24, 2.45) is 4.99 Å². The molecule has 0 N–H and O–H groups in total. The predicted molar refractivity (Wildman–Crippen MR) is 43.8 cm³/mol. The molecule has 0 aromatic carbocycles. The second kappa shape index (κ2) is 2.79. The van der Waals surface area contributed by atoms with Gasteiger partial charge in [-0.25, -0.2) is 4.99 Å². The molecule has 0 aliphatic carbocycles. The normalized spacial score (nSPS) is 15.8. The predicted octanol–water partition coefficient (Wildman–Crippen LogP) is 0.777. The van der Waals surface area contributed by atoms with E-state index >= 15 is 0 Å². The zero-order valence-corrected chi connectivity index (χ0v) is 6.45. The maximum Gasteiger partial charge on any atom is 0.178 e. The van der Waals surface area contributed by atoms with Crippen LogP contribution in [0.1, 0.15) is 0 Å². The number of hydrogen-bond donors (Lipinski definition) is 0. The first kappa shape index (κ1) is 6.48. The first-order chi connectivity index (χ1) is 5.47. The molecule has 0 saturated carbocycles. The second-order valence-electron chi connectivity index (χ2n) is 1.99. The number of hydrogen-bond acceptors (Lipinski definition) is 5. The fourth-order valence-corrected chi connectivity index (χ4v) is 1.22. The summed E-state index contributed by atoms with van der Waals surface area (Å²) in [4.78, 5) is 5.66. The van der Waals surface area contributed by atoms with Crippen molar-refractivity contribution < 1.29 is 0 Å². The van der Waals surface area contributed by atoms with Crippen LogP contribution in [0.5, 0.6) is 0 Å². The lowest BCUT2D eigenvalue weighted by Gasteiger charge is -2.13. The SMILES string of the molecule is [C]1=NC=CCN1c1csnn1. The summed E-state index contributed by atoms with van der Waals surface area (Å²) in [7, 11) is 0. The first-order valence-corrected chi connectivity index (χ1v) is 3.95. The molecule has 1 aromatic heterocycles. The lowest BCUT2D eigenvalue weighted by Crippen LogP contribution is -2.23. The van der Waals surface area contributed by atoms with Gasteiger partial charge in [-0.05, 0) is 17.6 Å². The quantitative estimate of drug-likeness (QED) is 0.617. The summed E-state index contributed by atoms with van der Waals surface area (Å²) in [6.45, 7) is 0.773. The van der Waals surface area contributed by atoms with Crippen LogP contribution in [0.25, 0.3) is 0 Å². The van der Waals surface area contributed by atoms with Crippen molar-refractivity contribution >= 4 is 23.7 Å². The van der Waals surface area contributed by atoms with Crippen molar-refractivity contribution in [3.8, 4) is 0 Å². The molecule has 2 rings (SSSR count). The van der Waals surface area contributed by atoms with Crippen molar-refractivity contribution in [3.63, 3.8) is 0 Å². The molecule has 0 spiro atoms. The summed E-state index contributed by atoms with van der Waals surface area (Å²) in [6.07, 6.45) is 6.46. The van der Waals surface area contributed by atoms with Gasteiger partial charge < -0.3 is 4.90 Å². The summed E-state index contributed by atoms with van der Waals surface area (Å²) in [6, 6.07) is 0. The highest BCUT2D eigenvalue weighted by molar-refractivity contribution is 7.03. The van der Waals surface area contributed by atoms with E-state index in [0.29, 0.717) is 0 Å². The maximum atomic E-state index is 3.88. The van der Waals surface area contributed by atoms with Crippen LogP contribution < -0.4 is 4.90 Å². The summed E-state index contributed by atoms with van der Waals surface area (Å²) in [5, 5.41) is 5.74. The Morgan fingerprint density at radius 2 is 2.64 bits per heavy atom. The molecule has 4 nitrogen and oxygen atoms in total. The minimum absolute atomic E-state index is 0.773. The van der Waals surface area contributed by atoms with Crippen LogP contribution in [-0.4, -0.2) is 22.5 Å². The van der Waals surface area contributed by atoms with Gasteiger partial charge in [-0.2, -0.15) is 0 Å². The fourth-order valence-electron chi connectivity index (χ4n) is 0.771. The van der Waals surface area contributed by atoms with Crippen molar-refractivity contribution in [2.45, 2.75) is 0 Å². The van der Waals surface area contributed by atoms with Crippen molar-refractivity contribution in [1.29, 1.82) is 0 Å². The lowest BCUT2D eigenvalue weighted by molar-refractivity contribution is 1.04. The van der Waals surface area contributed by atoms with E-state index in [4.69, 9.17) is 0 Å². The van der Waals surface area contributed by atoms with Crippen LogP contribution in [0.15, 0.2) is 22.6 Å². The Morgan fingerprint density at radius 1 is 1.64 bits per heavy atom. The van der Waals surface area contributed by atoms with E-state index in [1.54, 1.807) is 6.20 Å². The van der Waals surface area contributed by atoms with Gasteiger partial charge in [0.15, 0.2) is 12.2 Å². The van der Waals surface area contributed by atoms with Crippen LogP contribution in [0.3, 0.4) is 0 Å². The molecule has 1 radical (unpaired) electrons. The van der Waals surface area contributed by atoms with Crippen molar-refractivity contribution in [2.75, 3.05) is 11.4 Å². The molecule has 0 saturated heterocycles. The molecule has 0 amide bonds. The van der Waals surface area contributed by atoms with Crippen LogP contribution in [-0.2, 0) is 0 Å². The molecule has 1 aliphatic rings. The van der Waals surface area contributed by atoms with Gasteiger partial charge in [-0.15, -0.1) is 5.10 Å². The largest absolute Gasteiger partial charge is 0.302 e. The molecular formula is C6H5N4S. The van der Waals surface area contributed by atoms with E-state index in [9.17, 15) is 0 Å². The molecule has 0 fully saturated rings. The molecule has 0 unspecified atom stereocenters. The Balaban J connectivity index is 2.19. The Labute approximate surface area is 68.0 Å². The summed E-state index contributed by atoms with van der Waals surface area (Å²) in [5.41, 5.74) is 0. The molecule has 11 heavy (non-hydrogen) atoms. The Kier molecular flexibility index (Phi) is 1.64. The zero-order chi connectivity index (χ0) is 7.52. The minimum Gasteiger partial charge on any atom is -0.302 e. The van der Waals surface area contributed by atoms with E-state index in [1.165, 1.54) is 11.5 Å². The van der Waals surface area contributed by atoms with E-state index < -0.39 is 0 Å². The number of nitrogens with zero attached hydrogens (tertiary/aromatic N) is 4. The molecule has 0 bridgehead atoms. The maximum absolute atomic E-state index is 3.88. The standard InChI is InChI=1S/C6H5N4S/c1-2-7-5-10(3-1)6-4-11-9-8-6/h1-2,4H,3H2. The number of aromatic nitrogens is 2. The third-order valence-electron chi connectivity index (χ3n) is 1.27. The average molecular weight is 165 g/mol. The van der Waals surface area contributed by atoms with Gasteiger partial charge in [0.25, 0.3) is 0 Å². The van der Waals surface area contributed by atoms with E-state index in [2.05, 4.69) is 20.9 Å². The Morgan fingerprint density at radius 3 is 3.27 bits per heavy atom. The van der Waals surface area contributed by atoms with E-state index in [1.807, 2.05) is 16.4 Å². The van der Waals surface area contributed by atoms with Gasteiger partial charge in [0, 0.05) is 12.7 Å². The van der Waals surface area contributed by atoms with Crippen LogP contribution in [0, 0.1) is 0 Å². The fraction of sp³-hybridized carbons (Fsp3) is 0.167. The highest BCUT2D eigenvalue weighted by atomic mass is 32.1. The Hall–Kier alpha value is -1.23. The summed E-state index contributed by atoms with van der Waals surface area (Å²) < 4.78 is 3.74. The third kappa shape index (κ3) is 1.27. The monoisotopic (exact) mass is 165 g/mol. The van der Waals surface area contributed by atoms with E-state index in [0.717, 1.165) is 12.4 Å². The smallest absolute Gasteiger partial charge is 0.178 e. The summed E-state index contributed by atoms with van der Waals surface area (Å²) >= 11 is 1.32. The van der Waals surface area contributed by atoms with Crippen LogP contribution in [0.4, 0.5) is 5.82 Å². The van der Waals surface area contributed by atoms with Crippen molar-refractivity contribution in [3.05, 3.63) is 17.7 Å². The number of anilines is 1. The van der Waals surface area contributed by atoms with Gasteiger partial charge in [0.05, 0.1) is 5.38 Å². The highest BCUT2D eigenvalue weighted by Crippen LogP contribution is 2.10. The average Bonchev–Trinajstić information content (AvgIpc) is 2.58. The number of aliphatic imine (C=N–C) groups is 1. The third-order valence-corrected chi connectivity index (χ3v) is 1.76. The molecule has 0 atom stereocenters. The van der Waals surface area contributed by atoms with Gasteiger partial charge in [-0.3, -0.25) is 0 Å². The molecule has 1 aromatic rings. The summed E-state index contributed by atoms with van der Waals surface area (Å²) in [5.74, 6) is 0.808. The van der Waals surface area contributed by atoms with E-state index in [-0.39, 0.29) is 0 Å². The molecular weight excluding hydrogens is 160 g/mol. The first-order valence-electron chi connectivity index (χ1n) is 3.12. The highest BCUT2D eigenvalue weighted by Gasteiger charge is 2.06. The zero-order valence-electron chi connectivity index (χ0n) is 5.64. The second-order valence-corrected chi connectivity index (χ2v) is 2.60. The van der Waals surface area contributed by atoms with Crippen LogP contribution >= 0.6 is 11.5 Å². The molecule has 55 valence electrons. The van der Waals surface area contributed by atoms with Gasteiger partial charge in [-0.1, -0.05) is 4.49 Å². The topological polar surface area (TPSA) is 41.4 Å². The lowest BCUT2D eigenvalue weighted by atomic mass is 10.5. The van der Waals surface area contributed by atoms with Crippen molar-refractivity contribution in [1.82, 2.24) is 9.59 Å². The number of rotatable bonds is 1. The molecule has 2 heterocycles. The van der Waals surface area contributed by atoms with Crippen LogP contribution in [0.2, 0.25) is 0 Å². The van der Waals surface area contributed by atoms with Gasteiger partial charge in [0.1, 0.15) is 0 Å².